The maximum Gasteiger partial charge on any atom is 0.269 e. The van der Waals surface area contributed by atoms with Crippen molar-refractivity contribution in [1.82, 2.24) is 0 Å². The standard InChI is InChI=1S/C12H16N2O5S/c1-13(11-4-5-20(18,19)8-11)12-3-2-10(14(16)17)6-9(12)7-15/h2-3,6,11,15H,4-5,7-8H2,1H3. The molecule has 1 atom stereocenters. The summed E-state index contributed by atoms with van der Waals surface area (Å²) < 4.78 is 23.0. The zero-order valence-electron chi connectivity index (χ0n) is 11.0. The fourth-order valence-corrected chi connectivity index (χ4v) is 4.21. The van der Waals surface area contributed by atoms with Gasteiger partial charge in [-0.2, -0.15) is 0 Å². The highest BCUT2D eigenvalue weighted by Crippen LogP contribution is 2.29. The average molecular weight is 300 g/mol. The summed E-state index contributed by atoms with van der Waals surface area (Å²) in [5.74, 6) is 0.231. The molecule has 1 unspecified atom stereocenters. The highest BCUT2D eigenvalue weighted by Gasteiger charge is 2.31. The molecule has 1 N–H and O–H groups in total. The second-order valence-electron chi connectivity index (χ2n) is 4.90. The van der Waals surface area contributed by atoms with E-state index in [1.54, 1.807) is 18.0 Å². The highest BCUT2D eigenvalue weighted by molar-refractivity contribution is 7.91. The van der Waals surface area contributed by atoms with E-state index in [-0.39, 0.29) is 29.8 Å². The largest absolute Gasteiger partial charge is 0.392 e. The van der Waals surface area contributed by atoms with Crippen molar-refractivity contribution < 1.29 is 18.4 Å². The minimum atomic E-state index is -3.00. The second kappa shape index (κ2) is 5.37. The normalized spacial score (nSPS) is 20.8. The first-order chi connectivity index (χ1) is 9.34. The number of aliphatic hydroxyl groups excluding tert-OH is 1. The number of aliphatic hydroxyl groups is 1. The van der Waals surface area contributed by atoms with Crippen LogP contribution in [0.5, 0.6) is 0 Å². The molecule has 1 aliphatic heterocycles. The predicted molar refractivity (Wildman–Crippen MR) is 74.5 cm³/mol. The molecule has 20 heavy (non-hydrogen) atoms. The summed E-state index contributed by atoms with van der Waals surface area (Å²) in [7, 11) is -1.26. The van der Waals surface area contributed by atoms with Crippen LogP contribution >= 0.6 is 0 Å². The number of anilines is 1. The second-order valence-corrected chi connectivity index (χ2v) is 7.12. The molecule has 110 valence electrons. The zero-order valence-corrected chi connectivity index (χ0v) is 11.8. The lowest BCUT2D eigenvalue weighted by atomic mass is 10.1. The maximum atomic E-state index is 11.5. The Morgan fingerprint density at radius 1 is 1.50 bits per heavy atom. The third kappa shape index (κ3) is 2.91. The summed E-state index contributed by atoms with van der Waals surface area (Å²) >= 11 is 0. The van der Waals surface area contributed by atoms with Crippen LogP contribution in [0.1, 0.15) is 12.0 Å². The topological polar surface area (TPSA) is 101 Å². The number of sulfone groups is 1. The summed E-state index contributed by atoms with van der Waals surface area (Å²) in [5, 5.41) is 20.1. The Bertz CT molecular complexity index is 629. The van der Waals surface area contributed by atoms with Crippen molar-refractivity contribution in [2.24, 2.45) is 0 Å². The molecule has 7 nitrogen and oxygen atoms in total. The number of rotatable bonds is 4. The molecule has 1 aromatic carbocycles. The molecule has 0 bridgehead atoms. The number of nitrogens with zero attached hydrogens (tertiary/aromatic N) is 2. The molecule has 0 aliphatic carbocycles. The lowest BCUT2D eigenvalue weighted by Gasteiger charge is -2.27. The Labute approximate surface area is 116 Å². The number of non-ortho nitro benzene ring substituents is 1. The Hall–Kier alpha value is -1.67. The van der Waals surface area contributed by atoms with Crippen LogP contribution in [0.2, 0.25) is 0 Å². The van der Waals surface area contributed by atoms with E-state index >= 15 is 0 Å². The number of nitro benzene ring substituents is 1. The van der Waals surface area contributed by atoms with Gasteiger partial charge in [-0.05, 0) is 12.5 Å². The van der Waals surface area contributed by atoms with Gasteiger partial charge in [0.25, 0.3) is 5.69 Å². The maximum absolute atomic E-state index is 11.5. The van der Waals surface area contributed by atoms with Crippen molar-refractivity contribution in [3.8, 4) is 0 Å². The Balaban J connectivity index is 2.30. The van der Waals surface area contributed by atoms with E-state index < -0.39 is 14.8 Å². The van der Waals surface area contributed by atoms with Crippen LogP contribution in [0.4, 0.5) is 11.4 Å². The molecule has 0 aromatic heterocycles. The van der Waals surface area contributed by atoms with Crippen molar-refractivity contribution >= 4 is 21.2 Å². The van der Waals surface area contributed by atoms with Crippen LogP contribution in [-0.2, 0) is 16.4 Å². The molecule has 1 heterocycles. The van der Waals surface area contributed by atoms with Crippen molar-refractivity contribution in [1.29, 1.82) is 0 Å². The van der Waals surface area contributed by atoms with Crippen LogP contribution in [0.3, 0.4) is 0 Å². The average Bonchev–Trinajstić information content (AvgIpc) is 2.77. The van der Waals surface area contributed by atoms with Gasteiger partial charge in [-0.15, -0.1) is 0 Å². The van der Waals surface area contributed by atoms with Gasteiger partial charge in [0.05, 0.1) is 23.0 Å². The van der Waals surface area contributed by atoms with Gasteiger partial charge in [-0.1, -0.05) is 0 Å². The van der Waals surface area contributed by atoms with Crippen LogP contribution < -0.4 is 4.90 Å². The first-order valence-corrected chi connectivity index (χ1v) is 7.97. The van der Waals surface area contributed by atoms with Gasteiger partial charge >= 0.3 is 0 Å². The molecule has 1 aliphatic rings. The minimum absolute atomic E-state index is 0.0748. The molecular formula is C12H16N2O5S. The number of nitro groups is 1. The molecule has 0 amide bonds. The lowest BCUT2D eigenvalue weighted by molar-refractivity contribution is -0.384. The number of hydrogen-bond acceptors (Lipinski definition) is 6. The summed E-state index contributed by atoms with van der Waals surface area (Å²) in [6.07, 6.45) is 0.528. The van der Waals surface area contributed by atoms with Gasteiger partial charge in [0.1, 0.15) is 0 Å². The molecule has 1 aromatic rings. The van der Waals surface area contributed by atoms with E-state index in [9.17, 15) is 23.6 Å². The van der Waals surface area contributed by atoms with Crippen molar-refractivity contribution in [2.45, 2.75) is 19.1 Å². The monoisotopic (exact) mass is 300 g/mol. The van der Waals surface area contributed by atoms with E-state index in [0.717, 1.165) is 0 Å². The van der Waals surface area contributed by atoms with E-state index in [0.29, 0.717) is 17.7 Å². The van der Waals surface area contributed by atoms with Gasteiger partial charge < -0.3 is 10.0 Å². The van der Waals surface area contributed by atoms with Crippen LogP contribution in [-0.4, -0.2) is 43.0 Å². The third-order valence-corrected chi connectivity index (χ3v) is 5.33. The predicted octanol–water partition coefficient (Wildman–Crippen LogP) is 0.710. The fraction of sp³-hybridized carbons (Fsp3) is 0.500. The quantitative estimate of drug-likeness (QED) is 0.649. The van der Waals surface area contributed by atoms with Gasteiger partial charge in [0, 0.05) is 36.5 Å². The van der Waals surface area contributed by atoms with Gasteiger partial charge in [-0.3, -0.25) is 10.1 Å². The molecule has 1 fully saturated rings. The smallest absolute Gasteiger partial charge is 0.269 e. The van der Waals surface area contributed by atoms with Crippen molar-refractivity contribution in [3.05, 3.63) is 33.9 Å². The number of hydrogen-bond donors (Lipinski definition) is 1. The van der Waals surface area contributed by atoms with Crippen LogP contribution in [0, 0.1) is 10.1 Å². The Morgan fingerprint density at radius 2 is 2.20 bits per heavy atom. The lowest BCUT2D eigenvalue weighted by Crippen LogP contribution is -2.33. The SMILES string of the molecule is CN(c1ccc([N+](=O)[O-])cc1CO)C1CCS(=O)(=O)C1. The van der Waals surface area contributed by atoms with Crippen LogP contribution in [0.25, 0.3) is 0 Å². The van der Waals surface area contributed by atoms with Gasteiger partial charge in [0.15, 0.2) is 9.84 Å². The summed E-state index contributed by atoms with van der Waals surface area (Å²) in [6, 6.07) is 4.06. The highest BCUT2D eigenvalue weighted by atomic mass is 32.2. The first-order valence-electron chi connectivity index (χ1n) is 6.15. The number of benzene rings is 1. The summed E-state index contributed by atoms with van der Waals surface area (Å²) in [6.45, 7) is -0.333. The molecule has 8 heteroatoms. The first kappa shape index (κ1) is 14.7. The molecule has 1 saturated heterocycles. The summed E-state index contributed by atoms with van der Waals surface area (Å²) in [5.41, 5.74) is 0.955. The van der Waals surface area contributed by atoms with E-state index in [1.165, 1.54) is 12.1 Å². The van der Waals surface area contributed by atoms with E-state index in [2.05, 4.69) is 0 Å². The molecule has 2 rings (SSSR count). The summed E-state index contributed by atoms with van der Waals surface area (Å²) in [4.78, 5) is 12.0. The Morgan fingerprint density at radius 3 is 2.70 bits per heavy atom. The molecule has 0 saturated carbocycles. The van der Waals surface area contributed by atoms with Crippen molar-refractivity contribution in [2.75, 3.05) is 23.5 Å². The minimum Gasteiger partial charge on any atom is -0.392 e. The van der Waals surface area contributed by atoms with E-state index in [4.69, 9.17) is 0 Å². The van der Waals surface area contributed by atoms with Gasteiger partial charge in [0.2, 0.25) is 0 Å². The fourth-order valence-electron chi connectivity index (χ4n) is 2.43. The van der Waals surface area contributed by atoms with Gasteiger partial charge in [-0.25, -0.2) is 8.42 Å². The zero-order chi connectivity index (χ0) is 14.9. The Kier molecular flexibility index (Phi) is 3.96. The molecular weight excluding hydrogens is 284 g/mol. The third-order valence-electron chi connectivity index (χ3n) is 3.58. The van der Waals surface area contributed by atoms with Crippen molar-refractivity contribution in [3.63, 3.8) is 0 Å². The molecule has 0 radical (unpaired) electrons. The molecule has 0 spiro atoms. The van der Waals surface area contributed by atoms with Crippen LogP contribution in [0.15, 0.2) is 18.2 Å². The van der Waals surface area contributed by atoms with E-state index in [1.807, 2.05) is 0 Å².